The summed E-state index contributed by atoms with van der Waals surface area (Å²) in [6.07, 6.45) is 0. The molecule has 4 heteroatoms. The minimum atomic E-state index is -3.12. The summed E-state index contributed by atoms with van der Waals surface area (Å²) in [7, 11) is 8.50. The van der Waals surface area contributed by atoms with Crippen LogP contribution in [0.25, 0.3) is 0 Å². The van der Waals surface area contributed by atoms with E-state index >= 15 is 0 Å². The van der Waals surface area contributed by atoms with Gasteiger partial charge in [-0.2, -0.15) is 0 Å². The van der Waals surface area contributed by atoms with Crippen molar-refractivity contribution in [3.05, 3.63) is 0 Å². The van der Waals surface area contributed by atoms with Crippen molar-refractivity contribution in [2.24, 2.45) is 0 Å². The summed E-state index contributed by atoms with van der Waals surface area (Å²) in [4.78, 5) is 0. The summed E-state index contributed by atoms with van der Waals surface area (Å²) in [5.41, 5.74) is 2.72. The molecule has 0 aliphatic carbocycles. The zero-order valence-electron chi connectivity index (χ0n) is 7.75. The summed E-state index contributed by atoms with van der Waals surface area (Å²) >= 11 is -3.12. The molecule has 0 atom stereocenters. The van der Waals surface area contributed by atoms with Gasteiger partial charge in [-0.25, -0.2) is 0 Å². The zero-order valence-corrected chi connectivity index (χ0v) is 9.63. The van der Waals surface area contributed by atoms with Crippen LogP contribution in [0.5, 0.6) is 0 Å². The van der Waals surface area contributed by atoms with Gasteiger partial charge in [0.1, 0.15) is 0 Å². The standard InChI is InChI=1S/C4H12N.C2H7AsO2/c1-5(2,3)4;1-3(2,4)5/h1-4H3;1-2H3,(H,4,5)/q+1;. The Morgan fingerprint density at radius 1 is 1.10 bits per heavy atom. The van der Waals surface area contributed by atoms with Gasteiger partial charge in [-0.15, -0.1) is 0 Å². The molecule has 0 aliphatic rings. The second-order valence-electron chi connectivity index (χ2n) is 3.98. The van der Waals surface area contributed by atoms with Crippen molar-refractivity contribution >= 4 is 13.8 Å². The van der Waals surface area contributed by atoms with Gasteiger partial charge in [0.15, 0.2) is 0 Å². The van der Waals surface area contributed by atoms with Crippen molar-refractivity contribution in [1.82, 2.24) is 0 Å². The molecule has 0 radical (unpaired) electrons. The van der Waals surface area contributed by atoms with Gasteiger partial charge in [0.2, 0.25) is 0 Å². The maximum Gasteiger partial charge on any atom is 0.0675 e. The van der Waals surface area contributed by atoms with Crippen LogP contribution >= 0.6 is 0 Å². The van der Waals surface area contributed by atoms with Crippen molar-refractivity contribution in [2.75, 3.05) is 28.2 Å². The van der Waals surface area contributed by atoms with Gasteiger partial charge in [-0.3, -0.25) is 0 Å². The Bertz CT molecular complexity index is 108. The number of nitrogens with zero attached hydrogens (tertiary/aromatic N) is 1. The normalized spacial score (nSPS) is 11.9. The molecule has 0 saturated carbocycles. The van der Waals surface area contributed by atoms with E-state index in [1.165, 1.54) is 11.4 Å². The van der Waals surface area contributed by atoms with Gasteiger partial charge in [-0.05, 0) is 0 Å². The van der Waals surface area contributed by atoms with Crippen LogP contribution in [0.1, 0.15) is 0 Å². The molecule has 3 nitrogen and oxygen atoms in total. The second-order valence-corrected chi connectivity index (χ2v) is 9.41. The smallest absolute Gasteiger partial charge is 0.0675 e. The quantitative estimate of drug-likeness (QED) is 0.467. The maximum atomic E-state index is 9.83. The average Bonchev–Trinajstić information content (AvgIpc) is 1.12. The maximum absolute atomic E-state index is 9.83. The molecule has 0 spiro atoms. The van der Waals surface area contributed by atoms with Crippen molar-refractivity contribution in [3.8, 4) is 0 Å². The van der Waals surface area contributed by atoms with E-state index in [2.05, 4.69) is 28.2 Å². The first-order chi connectivity index (χ1) is 4.00. The molecular weight excluding hydrogens is 193 g/mol. The molecule has 64 valence electrons. The van der Waals surface area contributed by atoms with Gasteiger partial charge in [0, 0.05) is 0 Å². The monoisotopic (exact) mass is 212 g/mol. The topological polar surface area (TPSA) is 37.3 Å². The van der Waals surface area contributed by atoms with E-state index in [1.54, 1.807) is 0 Å². The molecular formula is C6H19AsNO2+. The molecule has 0 fully saturated rings. The van der Waals surface area contributed by atoms with Crippen LogP contribution in [0.3, 0.4) is 0 Å². The average molecular weight is 212 g/mol. The van der Waals surface area contributed by atoms with Gasteiger partial charge < -0.3 is 4.48 Å². The van der Waals surface area contributed by atoms with Gasteiger partial charge in [-0.1, -0.05) is 0 Å². The van der Waals surface area contributed by atoms with Gasteiger partial charge in [0.05, 0.1) is 28.2 Å². The first-order valence-electron chi connectivity index (χ1n) is 3.07. The minimum Gasteiger partial charge on any atom is -0.333 e. The molecule has 0 saturated heterocycles. The molecule has 0 heterocycles. The molecule has 0 bridgehead atoms. The third-order valence-corrected chi connectivity index (χ3v) is 0. The molecule has 0 rings (SSSR count). The third kappa shape index (κ3) is 5660. The summed E-state index contributed by atoms with van der Waals surface area (Å²) in [6.45, 7) is 0. The largest absolute Gasteiger partial charge is 0.333 e. The van der Waals surface area contributed by atoms with Crippen LogP contribution in [-0.2, 0) is 3.74 Å². The Hall–Kier alpha value is 0.278. The molecule has 0 aromatic carbocycles. The van der Waals surface area contributed by atoms with Gasteiger partial charge >= 0.3 is 33.1 Å². The van der Waals surface area contributed by atoms with E-state index in [0.29, 0.717) is 0 Å². The van der Waals surface area contributed by atoms with Crippen molar-refractivity contribution in [1.29, 1.82) is 0 Å². The predicted molar refractivity (Wildman–Crippen MR) is 44.3 cm³/mol. The van der Waals surface area contributed by atoms with Crippen molar-refractivity contribution < 1.29 is 12.3 Å². The van der Waals surface area contributed by atoms with E-state index in [-0.39, 0.29) is 0 Å². The van der Waals surface area contributed by atoms with Crippen molar-refractivity contribution in [3.63, 3.8) is 0 Å². The van der Waals surface area contributed by atoms with E-state index in [4.69, 9.17) is 4.10 Å². The number of hydrogen-bond acceptors (Lipinski definition) is 1. The third-order valence-electron chi connectivity index (χ3n) is 0. The Labute approximate surface area is 66.3 Å². The molecule has 10 heavy (non-hydrogen) atoms. The number of quaternary nitrogens is 1. The summed E-state index contributed by atoms with van der Waals surface area (Å²) in [5.74, 6) is 0. The summed E-state index contributed by atoms with van der Waals surface area (Å²) in [6, 6.07) is 0. The van der Waals surface area contributed by atoms with Crippen LogP contribution in [0.15, 0.2) is 0 Å². The zero-order chi connectivity index (χ0) is 9.00. The van der Waals surface area contributed by atoms with Crippen LogP contribution in [0.2, 0.25) is 11.4 Å². The molecule has 1 N–H and O–H groups in total. The van der Waals surface area contributed by atoms with Crippen LogP contribution in [0.4, 0.5) is 0 Å². The Balaban J connectivity index is 0. The van der Waals surface area contributed by atoms with Gasteiger partial charge in [0.25, 0.3) is 0 Å². The summed E-state index contributed by atoms with van der Waals surface area (Å²) < 4.78 is 19.0. The predicted octanol–water partition coefficient (Wildman–Crippen LogP) is 0.433. The Kier molecular flexibility index (Phi) is 5.45. The minimum absolute atomic E-state index is 1.00. The van der Waals surface area contributed by atoms with Crippen molar-refractivity contribution in [2.45, 2.75) is 11.4 Å². The fourth-order valence-electron chi connectivity index (χ4n) is 0. The fraction of sp³-hybridized carbons (Fsp3) is 1.00. The van der Waals surface area contributed by atoms with Crippen LogP contribution in [-0.4, -0.2) is 50.6 Å². The molecule has 0 amide bonds. The van der Waals surface area contributed by atoms with Crippen LogP contribution < -0.4 is 0 Å². The Morgan fingerprint density at radius 2 is 1.10 bits per heavy atom. The first kappa shape index (κ1) is 12.9. The summed E-state index contributed by atoms with van der Waals surface area (Å²) in [5, 5.41) is 0. The molecule has 0 aliphatic heterocycles. The first-order valence-corrected chi connectivity index (χ1v) is 8.42. The molecule has 0 unspecified atom stereocenters. The fourth-order valence-corrected chi connectivity index (χ4v) is 0. The molecule has 0 aromatic heterocycles. The second kappa shape index (κ2) is 4.22. The van der Waals surface area contributed by atoms with E-state index < -0.39 is 13.8 Å². The number of hydrogen-bond donors (Lipinski definition) is 1. The van der Waals surface area contributed by atoms with E-state index in [0.717, 1.165) is 4.48 Å². The molecule has 0 aromatic rings. The van der Waals surface area contributed by atoms with E-state index in [1.807, 2.05) is 0 Å². The number of rotatable bonds is 0. The Morgan fingerprint density at radius 3 is 1.10 bits per heavy atom. The van der Waals surface area contributed by atoms with E-state index in [9.17, 15) is 3.74 Å². The SMILES string of the molecule is C[As](C)(=O)O.C[N+](C)(C)C. The van der Waals surface area contributed by atoms with Crippen LogP contribution in [0, 0.1) is 0 Å².